The molecule has 0 amide bonds. The summed E-state index contributed by atoms with van der Waals surface area (Å²) in [6.45, 7) is 2.48. The van der Waals surface area contributed by atoms with Crippen LogP contribution in [0, 0.1) is 11.2 Å². The van der Waals surface area contributed by atoms with Crippen molar-refractivity contribution in [2.75, 3.05) is 0 Å². The number of nitrogens with two attached hydrogens (primary N) is 1. The zero-order valence-corrected chi connectivity index (χ0v) is 11.8. The molecule has 0 aliphatic rings. The van der Waals surface area contributed by atoms with Crippen LogP contribution in [0.4, 0.5) is 4.39 Å². The van der Waals surface area contributed by atoms with Crippen LogP contribution < -0.4 is 11.3 Å². The van der Waals surface area contributed by atoms with Gasteiger partial charge in [-0.1, -0.05) is 13.3 Å². The molecule has 0 aliphatic heterocycles. The lowest BCUT2D eigenvalue weighted by atomic mass is 10.1. The molecule has 0 aliphatic carbocycles. The second-order valence-electron chi connectivity index (χ2n) is 4.75. The fraction of sp³-hybridized carbons (Fsp3) is 0.267. The zero-order chi connectivity index (χ0) is 15.4. The molecule has 0 saturated heterocycles. The predicted molar refractivity (Wildman–Crippen MR) is 79.8 cm³/mol. The number of unbranched alkanes of at least 4 members (excludes halogenated alkanes) is 1. The van der Waals surface area contributed by atoms with E-state index in [1.807, 2.05) is 6.92 Å². The van der Waals surface area contributed by atoms with E-state index in [0.717, 1.165) is 12.8 Å². The van der Waals surface area contributed by atoms with Crippen LogP contribution in [-0.4, -0.2) is 15.6 Å². The Morgan fingerprint density at radius 2 is 2.05 bits per heavy atom. The third-order valence-electron chi connectivity index (χ3n) is 3.13. The van der Waals surface area contributed by atoms with Crippen LogP contribution in [0.15, 0.2) is 35.1 Å². The first-order valence-corrected chi connectivity index (χ1v) is 6.75. The average Bonchev–Trinajstić information content (AvgIpc) is 2.47. The van der Waals surface area contributed by atoms with Crippen molar-refractivity contribution in [3.05, 3.63) is 52.1 Å². The van der Waals surface area contributed by atoms with E-state index < -0.39 is 0 Å². The van der Waals surface area contributed by atoms with Gasteiger partial charge in [0.05, 0.1) is 11.3 Å². The maximum Gasteiger partial charge on any atom is 0.277 e. The molecule has 0 radical (unpaired) electrons. The number of nitrogens with one attached hydrogen (secondary N) is 1. The van der Waals surface area contributed by atoms with Crippen LogP contribution in [-0.2, 0) is 6.54 Å². The van der Waals surface area contributed by atoms with Gasteiger partial charge in [0.25, 0.3) is 5.56 Å². The summed E-state index contributed by atoms with van der Waals surface area (Å²) < 4.78 is 14.3. The van der Waals surface area contributed by atoms with E-state index in [-0.39, 0.29) is 22.8 Å². The van der Waals surface area contributed by atoms with Gasteiger partial charge in [-0.05, 0) is 36.8 Å². The smallest absolute Gasteiger partial charge is 0.277 e. The number of rotatable bonds is 5. The number of aromatic nitrogens is 2. The highest BCUT2D eigenvalue weighted by Crippen LogP contribution is 2.17. The summed E-state index contributed by atoms with van der Waals surface area (Å²) in [6, 6.07) is 7.28. The van der Waals surface area contributed by atoms with Crippen molar-refractivity contribution in [3.8, 4) is 11.3 Å². The molecule has 6 heteroatoms. The summed E-state index contributed by atoms with van der Waals surface area (Å²) >= 11 is 0. The minimum atomic E-state index is -0.373. The normalized spacial score (nSPS) is 10.6. The standard InChI is InChI=1S/C15H17FN4O/c1-2-3-8-20-15(21)12(14(17)18)9-13(19-20)10-4-6-11(16)7-5-10/h4-7,9H,2-3,8H2,1H3,(H3,17,18). The van der Waals surface area contributed by atoms with Gasteiger partial charge in [-0.25, -0.2) is 9.07 Å². The lowest BCUT2D eigenvalue weighted by Crippen LogP contribution is -2.31. The molecule has 21 heavy (non-hydrogen) atoms. The fourth-order valence-electron chi connectivity index (χ4n) is 1.96. The van der Waals surface area contributed by atoms with Gasteiger partial charge in [-0.2, -0.15) is 5.10 Å². The van der Waals surface area contributed by atoms with E-state index in [4.69, 9.17) is 11.1 Å². The molecule has 0 bridgehead atoms. The van der Waals surface area contributed by atoms with Gasteiger partial charge in [0.15, 0.2) is 0 Å². The number of nitrogens with zero attached hydrogens (tertiary/aromatic N) is 2. The number of hydrogen-bond donors (Lipinski definition) is 2. The topological polar surface area (TPSA) is 84.8 Å². The molecule has 0 unspecified atom stereocenters. The molecule has 3 N–H and O–H groups in total. The molecule has 0 saturated carbocycles. The van der Waals surface area contributed by atoms with Crippen LogP contribution in [0.2, 0.25) is 0 Å². The molecule has 0 spiro atoms. The minimum Gasteiger partial charge on any atom is -0.384 e. The van der Waals surface area contributed by atoms with E-state index in [1.54, 1.807) is 12.1 Å². The molecule has 1 aromatic carbocycles. The van der Waals surface area contributed by atoms with Gasteiger partial charge >= 0.3 is 0 Å². The Morgan fingerprint density at radius 1 is 1.38 bits per heavy atom. The number of halogens is 1. The number of nitrogen functional groups attached to an aromatic ring is 1. The Labute approximate surface area is 121 Å². The number of aryl methyl sites for hydroxylation is 1. The summed E-state index contributed by atoms with van der Waals surface area (Å²) in [6.07, 6.45) is 1.72. The van der Waals surface area contributed by atoms with Crippen molar-refractivity contribution < 1.29 is 4.39 Å². The molecular weight excluding hydrogens is 271 g/mol. The minimum absolute atomic E-state index is 0.112. The first-order valence-electron chi connectivity index (χ1n) is 6.75. The van der Waals surface area contributed by atoms with Crippen LogP contribution >= 0.6 is 0 Å². The Balaban J connectivity index is 2.55. The van der Waals surface area contributed by atoms with Crippen molar-refractivity contribution >= 4 is 5.84 Å². The Bertz CT molecular complexity index is 707. The average molecular weight is 288 g/mol. The lowest BCUT2D eigenvalue weighted by molar-refractivity contribution is 0.544. The van der Waals surface area contributed by atoms with E-state index in [0.29, 0.717) is 17.8 Å². The summed E-state index contributed by atoms with van der Waals surface area (Å²) in [5.74, 6) is -0.638. The first kappa shape index (κ1) is 14.9. The summed E-state index contributed by atoms with van der Waals surface area (Å²) in [5.41, 5.74) is 6.37. The van der Waals surface area contributed by atoms with Crippen LogP contribution in [0.1, 0.15) is 25.3 Å². The third-order valence-corrected chi connectivity index (χ3v) is 3.13. The predicted octanol–water partition coefficient (Wildman–Crippen LogP) is 2.13. The van der Waals surface area contributed by atoms with E-state index >= 15 is 0 Å². The third kappa shape index (κ3) is 3.34. The summed E-state index contributed by atoms with van der Waals surface area (Å²) in [7, 11) is 0. The summed E-state index contributed by atoms with van der Waals surface area (Å²) in [5, 5.41) is 11.8. The second kappa shape index (κ2) is 6.30. The monoisotopic (exact) mass is 288 g/mol. The lowest BCUT2D eigenvalue weighted by Gasteiger charge is -2.10. The number of hydrogen-bond acceptors (Lipinski definition) is 3. The van der Waals surface area contributed by atoms with Crippen LogP contribution in [0.5, 0.6) is 0 Å². The Morgan fingerprint density at radius 3 is 2.62 bits per heavy atom. The van der Waals surface area contributed by atoms with Gasteiger partial charge in [-0.15, -0.1) is 0 Å². The van der Waals surface area contributed by atoms with E-state index in [1.165, 1.54) is 22.9 Å². The molecule has 2 rings (SSSR count). The number of amidine groups is 1. The van der Waals surface area contributed by atoms with Crippen molar-refractivity contribution in [1.82, 2.24) is 9.78 Å². The second-order valence-corrected chi connectivity index (χ2v) is 4.75. The molecule has 1 heterocycles. The molecular formula is C15H17FN4O. The van der Waals surface area contributed by atoms with Crippen LogP contribution in [0.25, 0.3) is 11.3 Å². The maximum atomic E-state index is 13.0. The first-order chi connectivity index (χ1) is 10.0. The van der Waals surface area contributed by atoms with E-state index in [2.05, 4.69) is 5.10 Å². The highest BCUT2D eigenvalue weighted by Gasteiger charge is 2.12. The largest absolute Gasteiger partial charge is 0.384 e. The Hall–Kier alpha value is -2.50. The molecule has 0 atom stereocenters. The van der Waals surface area contributed by atoms with Gasteiger partial charge in [0.1, 0.15) is 11.7 Å². The van der Waals surface area contributed by atoms with Crippen LogP contribution in [0.3, 0.4) is 0 Å². The fourth-order valence-corrected chi connectivity index (χ4v) is 1.96. The Kier molecular flexibility index (Phi) is 4.47. The van der Waals surface area contributed by atoms with Gasteiger partial charge in [-0.3, -0.25) is 10.2 Å². The van der Waals surface area contributed by atoms with Gasteiger partial charge < -0.3 is 5.73 Å². The van der Waals surface area contributed by atoms with Crippen molar-refractivity contribution in [2.45, 2.75) is 26.3 Å². The molecule has 1 aromatic heterocycles. The molecule has 110 valence electrons. The van der Waals surface area contributed by atoms with Crippen molar-refractivity contribution in [3.63, 3.8) is 0 Å². The highest BCUT2D eigenvalue weighted by atomic mass is 19.1. The summed E-state index contributed by atoms with van der Waals surface area (Å²) in [4.78, 5) is 12.2. The van der Waals surface area contributed by atoms with E-state index in [9.17, 15) is 9.18 Å². The molecule has 5 nitrogen and oxygen atoms in total. The zero-order valence-electron chi connectivity index (χ0n) is 11.8. The van der Waals surface area contributed by atoms with Crippen molar-refractivity contribution in [1.29, 1.82) is 5.41 Å². The molecule has 0 fully saturated rings. The van der Waals surface area contributed by atoms with Gasteiger partial charge in [0.2, 0.25) is 0 Å². The molecule has 2 aromatic rings. The maximum absolute atomic E-state index is 13.0. The SMILES string of the molecule is CCCCn1nc(-c2ccc(F)cc2)cc(C(=N)N)c1=O. The highest BCUT2D eigenvalue weighted by molar-refractivity contribution is 5.95. The van der Waals surface area contributed by atoms with Crippen molar-refractivity contribution in [2.24, 2.45) is 5.73 Å². The number of benzene rings is 1. The van der Waals surface area contributed by atoms with Gasteiger partial charge in [0, 0.05) is 12.1 Å². The quantitative estimate of drug-likeness (QED) is 0.653.